The lowest BCUT2D eigenvalue weighted by atomic mass is 10.3. The number of hydrogen-bond acceptors (Lipinski definition) is 9. The molecule has 4 heterocycles. The van der Waals surface area contributed by atoms with E-state index in [9.17, 15) is 9.59 Å². The number of piperazine rings is 1. The van der Waals surface area contributed by atoms with Gasteiger partial charge in [-0.15, -0.1) is 0 Å². The van der Waals surface area contributed by atoms with E-state index < -0.39 is 11.9 Å². The van der Waals surface area contributed by atoms with Gasteiger partial charge in [0, 0.05) is 69.1 Å². The van der Waals surface area contributed by atoms with Gasteiger partial charge in [-0.25, -0.2) is 14.6 Å². The molecule has 0 spiro atoms. The lowest BCUT2D eigenvalue weighted by Gasteiger charge is -2.31. The molecule has 0 atom stereocenters. The molecule has 160 valence electrons. The summed E-state index contributed by atoms with van der Waals surface area (Å²) in [6.45, 7) is 5.97. The highest BCUT2D eigenvalue weighted by molar-refractivity contribution is 7.99. The Bertz CT molecular complexity index is 897. The van der Waals surface area contributed by atoms with Gasteiger partial charge in [0.1, 0.15) is 5.52 Å². The summed E-state index contributed by atoms with van der Waals surface area (Å²) in [4.78, 5) is 37.9. The highest BCUT2D eigenvalue weighted by Crippen LogP contribution is 2.27. The predicted octanol–water partition coefficient (Wildman–Crippen LogP) is 0.699. The maximum absolute atomic E-state index is 9.55. The Morgan fingerprint density at radius 3 is 2.30 bits per heavy atom. The first kappa shape index (κ1) is 21.8. The van der Waals surface area contributed by atoms with Crippen molar-refractivity contribution in [2.24, 2.45) is 0 Å². The third-order valence-electron chi connectivity index (χ3n) is 4.50. The second kappa shape index (κ2) is 10.7. The average molecular weight is 433 g/mol. The molecule has 0 unspecified atom stereocenters. The maximum Gasteiger partial charge on any atom is 0.328 e. The molecule has 3 N–H and O–H groups in total. The molecule has 4 rings (SSSR count). The number of rotatable bonds is 4. The predicted molar refractivity (Wildman–Crippen MR) is 116 cm³/mol. The SMILES string of the molecule is O=C(O)/C=C\C(=O)O.c1cnc2c(N3CCSCC3)nc(N3CCNCC3)nc2c1. The van der Waals surface area contributed by atoms with Crippen LogP contribution in [0.1, 0.15) is 0 Å². The number of aliphatic carboxylic acids is 2. The monoisotopic (exact) mass is 432 g/mol. The van der Waals surface area contributed by atoms with Crippen molar-refractivity contribution in [3.8, 4) is 0 Å². The molecule has 0 saturated carbocycles. The summed E-state index contributed by atoms with van der Waals surface area (Å²) in [6.07, 6.45) is 2.95. The number of aromatic nitrogens is 3. The molecular formula is C19H24N6O4S. The van der Waals surface area contributed by atoms with Crippen LogP contribution in [0.15, 0.2) is 30.5 Å². The van der Waals surface area contributed by atoms with Gasteiger partial charge in [0.15, 0.2) is 5.82 Å². The van der Waals surface area contributed by atoms with Crippen LogP contribution in [-0.2, 0) is 9.59 Å². The Labute approximate surface area is 178 Å². The van der Waals surface area contributed by atoms with Crippen molar-refractivity contribution < 1.29 is 19.8 Å². The molecule has 0 aromatic carbocycles. The number of pyridine rings is 1. The Morgan fingerprint density at radius 2 is 1.67 bits per heavy atom. The number of nitrogens with zero attached hydrogens (tertiary/aromatic N) is 5. The Hall–Kier alpha value is -2.92. The summed E-state index contributed by atoms with van der Waals surface area (Å²) in [5.74, 6) is 1.64. The van der Waals surface area contributed by atoms with Gasteiger partial charge < -0.3 is 25.3 Å². The highest BCUT2D eigenvalue weighted by atomic mass is 32.2. The minimum Gasteiger partial charge on any atom is -0.478 e. The zero-order valence-electron chi connectivity index (χ0n) is 16.4. The van der Waals surface area contributed by atoms with Crippen LogP contribution in [0.25, 0.3) is 11.0 Å². The van der Waals surface area contributed by atoms with E-state index in [-0.39, 0.29) is 0 Å². The standard InChI is InChI=1S/C15H20N6S.C4H4O4/c1-2-12-13(17-3-1)14(20-8-10-22-11-9-20)19-15(18-12)21-6-4-16-5-7-21;5-3(6)1-2-4(7)8/h1-3,16H,4-11H2;1-2H,(H,5,6)(H,7,8)/b;2-1-. The van der Waals surface area contributed by atoms with Crippen molar-refractivity contribution in [3.05, 3.63) is 30.5 Å². The molecule has 0 amide bonds. The van der Waals surface area contributed by atoms with Gasteiger partial charge >= 0.3 is 11.9 Å². The van der Waals surface area contributed by atoms with E-state index in [2.05, 4.69) is 20.1 Å². The third-order valence-corrected chi connectivity index (χ3v) is 5.45. The van der Waals surface area contributed by atoms with Crippen LogP contribution < -0.4 is 15.1 Å². The van der Waals surface area contributed by atoms with Gasteiger partial charge in [0.2, 0.25) is 5.95 Å². The van der Waals surface area contributed by atoms with Crippen LogP contribution in [0.3, 0.4) is 0 Å². The minimum absolute atomic E-state index is 0.558. The van der Waals surface area contributed by atoms with Gasteiger partial charge in [-0.05, 0) is 12.1 Å². The largest absolute Gasteiger partial charge is 0.478 e. The number of carbonyl (C=O) groups is 2. The van der Waals surface area contributed by atoms with Gasteiger partial charge in [0.05, 0.1) is 5.52 Å². The second-order valence-corrected chi connectivity index (χ2v) is 7.79. The maximum atomic E-state index is 9.55. The minimum atomic E-state index is -1.26. The molecule has 2 aromatic rings. The van der Waals surface area contributed by atoms with Gasteiger partial charge in [0.25, 0.3) is 0 Å². The van der Waals surface area contributed by atoms with Crippen molar-refractivity contribution in [1.29, 1.82) is 0 Å². The zero-order valence-corrected chi connectivity index (χ0v) is 17.2. The lowest BCUT2D eigenvalue weighted by Crippen LogP contribution is -2.44. The fraction of sp³-hybridized carbons (Fsp3) is 0.421. The van der Waals surface area contributed by atoms with Gasteiger partial charge in [-0.2, -0.15) is 16.7 Å². The van der Waals surface area contributed by atoms with Crippen LogP contribution in [0.2, 0.25) is 0 Å². The normalized spacial score (nSPS) is 16.9. The Kier molecular flexibility index (Phi) is 7.80. The molecule has 30 heavy (non-hydrogen) atoms. The fourth-order valence-corrected chi connectivity index (χ4v) is 3.99. The molecule has 0 aliphatic carbocycles. The molecule has 10 nitrogen and oxygen atoms in total. The number of anilines is 2. The molecule has 2 aliphatic heterocycles. The number of carboxylic acids is 2. The van der Waals surface area contributed by atoms with Crippen molar-refractivity contribution in [1.82, 2.24) is 20.3 Å². The first-order chi connectivity index (χ1) is 14.5. The van der Waals surface area contributed by atoms with Crippen molar-refractivity contribution in [3.63, 3.8) is 0 Å². The highest BCUT2D eigenvalue weighted by Gasteiger charge is 2.21. The van der Waals surface area contributed by atoms with E-state index in [1.807, 2.05) is 30.1 Å². The van der Waals surface area contributed by atoms with Crippen LogP contribution in [-0.4, -0.2) is 87.9 Å². The number of nitrogens with one attached hydrogen (secondary N) is 1. The zero-order chi connectivity index (χ0) is 21.3. The molecule has 2 aliphatic rings. The topological polar surface area (TPSA) is 132 Å². The Balaban J connectivity index is 0.000000275. The van der Waals surface area contributed by atoms with E-state index >= 15 is 0 Å². The first-order valence-corrected chi connectivity index (χ1v) is 10.7. The van der Waals surface area contributed by atoms with E-state index in [1.165, 1.54) is 0 Å². The van der Waals surface area contributed by atoms with Gasteiger partial charge in [-0.3, -0.25) is 4.98 Å². The number of thioether (sulfide) groups is 1. The summed E-state index contributed by atoms with van der Waals surface area (Å²) < 4.78 is 0. The van der Waals surface area contributed by atoms with Crippen LogP contribution in [0.5, 0.6) is 0 Å². The molecule has 11 heteroatoms. The summed E-state index contributed by atoms with van der Waals surface area (Å²) >= 11 is 2.01. The molecule has 2 fully saturated rings. The molecule has 0 bridgehead atoms. The van der Waals surface area contributed by atoms with E-state index in [1.54, 1.807) is 0 Å². The summed E-state index contributed by atoms with van der Waals surface area (Å²) in [6, 6.07) is 3.99. The van der Waals surface area contributed by atoms with Crippen LogP contribution >= 0.6 is 11.8 Å². The number of hydrogen-bond donors (Lipinski definition) is 3. The number of carboxylic acid groups (broad SMARTS) is 2. The van der Waals surface area contributed by atoms with Crippen LogP contribution in [0, 0.1) is 0 Å². The second-order valence-electron chi connectivity index (χ2n) is 6.56. The third kappa shape index (κ3) is 6.04. The summed E-state index contributed by atoms with van der Waals surface area (Å²) in [7, 11) is 0. The van der Waals surface area contributed by atoms with Crippen molar-refractivity contribution in [2.45, 2.75) is 0 Å². The van der Waals surface area contributed by atoms with Crippen molar-refractivity contribution >= 4 is 46.5 Å². The molecular weight excluding hydrogens is 408 g/mol. The van der Waals surface area contributed by atoms with Gasteiger partial charge in [-0.1, -0.05) is 0 Å². The lowest BCUT2D eigenvalue weighted by molar-refractivity contribution is -0.134. The van der Waals surface area contributed by atoms with E-state index in [0.717, 1.165) is 73.6 Å². The quantitative estimate of drug-likeness (QED) is 0.590. The van der Waals surface area contributed by atoms with E-state index in [0.29, 0.717) is 12.2 Å². The first-order valence-electron chi connectivity index (χ1n) is 9.59. The summed E-state index contributed by atoms with van der Waals surface area (Å²) in [5.41, 5.74) is 1.87. The number of fused-ring (bicyclic) bond motifs is 1. The van der Waals surface area contributed by atoms with Crippen LogP contribution in [0.4, 0.5) is 11.8 Å². The molecule has 2 aromatic heterocycles. The fourth-order valence-electron chi connectivity index (χ4n) is 3.08. The average Bonchev–Trinajstić information content (AvgIpc) is 2.78. The molecule has 2 saturated heterocycles. The van der Waals surface area contributed by atoms with E-state index in [4.69, 9.17) is 20.2 Å². The molecule has 0 radical (unpaired) electrons. The smallest absolute Gasteiger partial charge is 0.328 e. The Morgan fingerprint density at radius 1 is 1.00 bits per heavy atom. The summed E-state index contributed by atoms with van der Waals surface area (Å²) in [5, 5.41) is 19.0. The van der Waals surface area contributed by atoms with Crippen molar-refractivity contribution in [2.75, 3.05) is 60.6 Å².